The molecule has 0 aromatic carbocycles. The van der Waals surface area contributed by atoms with Crippen LogP contribution < -0.4 is 5.32 Å². The van der Waals surface area contributed by atoms with E-state index in [1.807, 2.05) is 6.20 Å². The highest BCUT2D eigenvalue weighted by molar-refractivity contribution is 5.00. The summed E-state index contributed by atoms with van der Waals surface area (Å²) in [6, 6.07) is 2.14. The van der Waals surface area contributed by atoms with E-state index in [9.17, 15) is 0 Å². The second-order valence-electron chi connectivity index (χ2n) is 4.07. The summed E-state index contributed by atoms with van der Waals surface area (Å²) in [6.07, 6.45) is 3.06. The molecule has 1 aromatic heterocycles. The van der Waals surface area contributed by atoms with E-state index in [4.69, 9.17) is 0 Å². The average molecular weight is 208 g/mol. The molecule has 1 aromatic rings. The Kier molecular flexibility index (Phi) is 3.75. The van der Waals surface area contributed by atoms with Crippen LogP contribution in [0.1, 0.15) is 19.0 Å². The highest BCUT2D eigenvalue weighted by Crippen LogP contribution is 2.05. The molecule has 1 aliphatic rings. The molecule has 0 spiro atoms. The summed E-state index contributed by atoms with van der Waals surface area (Å²) in [5, 5.41) is 7.72. The Bertz CT molecular complexity index is 289. The number of hydrogen-bond donors (Lipinski definition) is 1. The van der Waals surface area contributed by atoms with Gasteiger partial charge in [-0.15, -0.1) is 0 Å². The van der Waals surface area contributed by atoms with Crippen molar-refractivity contribution in [3.63, 3.8) is 0 Å². The molecular weight excluding hydrogens is 188 g/mol. The van der Waals surface area contributed by atoms with Gasteiger partial charge in [0.1, 0.15) is 0 Å². The lowest BCUT2D eigenvalue weighted by Gasteiger charge is -2.27. The molecular formula is C11H20N4. The second kappa shape index (κ2) is 5.28. The average Bonchev–Trinajstić information content (AvgIpc) is 2.68. The SMILES string of the molecule is CCCn1nccc1CN1CCNCC1. The standard InChI is InChI=1S/C11H20N4/c1-2-7-15-11(3-4-13-15)10-14-8-5-12-6-9-14/h3-4,12H,2,5-10H2,1H3. The molecule has 0 bridgehead atoms. The van der Waals surface area contributed by atoms with Crippen LogP contribution in [0.15, 0.2) is 12.3 Å². The number of nitrogens with one attached hydrogen (secondary N) is 1. The Labute approximate surface area is 91.3 Å². The molecule has 1 saturated heterocycles. The number of hydrogen-bond acceptors (Lipinski definition) is 3. The second-order valence-corrected chi connectivity index (χ2v) is 4.07. The van der Waals surface area contributed by atoms with E-state index in [-0.39, 0.29) is 0 Å². The van der Waals surface area contributed by atoms with Crippen LogP contribution >= 0.6 is 0 Å². The summed E-state index contributed by atoms with van der Waals surface area (Å²) in [5.74, 6) is 0. The lowest BCUT2D eigenvalue weighted by atomic mass is 10.3. The maximum Gasteiger partial charge on any atom is 0.0524 e. The van der Waals surface area contributed by atoms with Crippen LogP contribution in [0, 0.1) is 0 Å². The molecule has 0 atom stereocenters. The van der Waals surface area contributed by atoms with Crippen LogP contribution in [-0.4, -0.2) is 40.9 Å². The van der Waals surface area contributed by atoms with Crippen molar-refractivity contribution < 1.29 is 0 Å². The van der Waals surface area contributed by atoms with E-state index in [1.54, 1.807) is 0 Å². The molecule has 1 aliphatic heterocycles. The van der Waals surface area contributed by atoms with Crippen molar-refractivity contribution in [1.29, 1.82) is 0 Å². The highest BCUT2D eigenvalue weighted by Gasteiger charge is 2.11. The van der Waals surface area contributed by atoms with Crippen molar-refractivity contribution in [3.8, 4) is 0 Å². The van der Waals surface area contributed by atoms with Gasteiger partial charge in [0, 0.05) is 45.5 Å². The number of piperazine rings is 1. The molecule has 1 N–H and O–H groups in total. The minimum absolute atomic E-state index is 1.04. The zero-order valence-corrected chi connectivity index (χ0v) is 9.45. The molecule has 84 valence electrons. The monoisotopic (exact) mass is 208 g/mol. The highest BCUT2D eigenvalue weighted by atomic mass is 15.3. The summed E-state index contributed by atoms with van der Waals surface area (Å²) in [6.45, 7) is 8.80. The van der Waals surface area contributed by atoms with E-state index in [1.165, 1.54) is 5.69 Å². The van der Waals surface area contributed by atoms with Gasteiger partial charge >= 0.3 is 0 Å². The zero-order valence-electron chi connectivity index (χ0n) is 9.45. The summed E-state index contributed by atoms with van der Waals surface area (Å²) in [5.41, 5.74) is 1.35. The van der Waals surface area contributed by atoms with Gasteiger partial charge in [0.2, 0.25) is 0 Å². The maximum absolute atomic E-state index is 4.35. The summed E-state index contributed by atoms with van der Waals surface area (Å²) >= 11 is 0. The lowest BCUT2D eigenvalue weighted by molar-refractivity contribution is 0.226. The lowest BCUT2D eigenvalue weighted by Crippen LogP contribution is -2.43. The van der Waals surface area contributed by atoms with Crippen LogP contribution in [0.25, 0.3) is 0 Å². The predicted molar refractivity (Wildman–Crippen MR) is 60.7 cm³/mol. The van der Waals surface area contributed by atoms with Crippen molar-refractivity contribution in [2.75, 3.05) is 26.2 Å². The van der Waals surface area contributed by atoms with E-state index in [0.29, 0.717) is 0 Å². The first-order valence-corrected chi connectivity index (χ1v) is 5.84. The molecule has 0 unspecified atom stereocenters. The molecule has 0 radical (unpaired) electrons. The van der Waals surface area contributed by atoms with Crippen LogP contribution in [0.4, 0.5) is 0 Å². The minimum Gasteiger partial charge on any atom is -0.314 e. The Balaban J connectivity index is 1.93. The normalized spacial score (nSPS) is 18.2. The van der Waals surface area contributed by atoms with E-state index in [0.717, 1.165) is 45.7 Å². The summed E-state index contributed by atoms with van der Waals surface area (Å²) < 4.78 is 2.13. The fraction of sp³-hybridized carbons (Fsp3) is 0.727. The Morgan fingerprint density at radius 3 is 2.93 bits per heavy atom. The minimum atomic E-state index is 1.04. The first kappa shape index (κ1) is 10.6. The van der Waals surface area contributed by atoms with Crippen LogP contribution in [-0.2, 0) is 13.1 Å². The van der Waals surface area contributed by atoms with Gasteiger partial charge < -0.3 is 5.32 Å². The first-order valence-electron chi connectivity index (χ1n) is 5.84. The summed E-state index contributed by atoms with van der Waals surface area (Å²) in [4.78, 5) is 2.49. The van der Waals surface area contributed by atoms with Crippen LogP contribution in [0.5, 0.6) is 0 Å². The molecule has 4 nitrogen and oxygen atoms in total. The number of aromatic nitrogens is 2. The Hall–Kier alpha value is -0.870. The fourth-order valence-electron chi connectivity index (χ4n) is 2.01. The molecule has 2 rings (SSSR count). The molecule has 0 aliphatic carbocycles. The fourth-order valence-corrected chi connectivity index (χ4v) is 2.01. The molecule has 0 saturated carbocycles. The summed E-state index contributed by atoms with van der Waals surface area (Å²) in [7, 11) is 0. The molecule has 15 heavy (non-hydrogen) atoms. The van der Waals surface area contributed by atoms with Gasteiger partial charge in [-0.25, -0.2) is 0 Å². The van der Waals surface area contributed by atoms with E-state index in [2.05, 4.69) is 33.0 Å². The van der Waals surface area contributed by atoms with Gasteiger partial charge in [0.05, 0.1) is 5.69 Å². The van der Waals surface area contributed by atoms with E-state index < -0.39 is 0 Å². The first-order chi connectivity index (χ1) is 7.40. The van der Waals surface area contributed by atoms with Crippen molar-refractivity contribution in [2.45, 2.75) is 26.4 Å². The van der Waals surface area contributed by atoms with Gasteiger partial charge in [-0.05, 0) is 12.5 Å². The van der Waals surface area contributed by atoms with Crippen LogP contribution in [0.3, 0.4) is 0 Å². The van der Waals surface area contributed by atoms with Crippen LogP contribution in [0.2, 0.25) is 0 Å². The number of aryl methyl sites for hydroxylation is 1. The molecule has 1 fully saturated rings. The van der Waals surface area contributed by atoms with Gasteiger partial charge in [0.25, 0.3) is 0 Å². The van der Waals surface area contributed by atoms with Gasteiger partial charge in [0.15, 0.2) is 0 Å². The van der Waals surface area contributed by atoms with Gasteiger partial charge in [-0.2, -0.15) is 5.10 Å². The topological polar surface area (TPSA) is 33.1 Å². The molecule has 2 heterocycles. The van der Waals surface area contributed by atoms with Gasteiger partial charge in [-0.1, -0.05) is 6.92 Å². The van der Waals surface area contributed by atoms with Gasteiger partial charge in [-0.3, -0.25) is 9.58 Å². The third-order valence-electron chi connectivity index (χ3n) is 2.84. The predicted octanol–water partition coefficient (Wildman–Crippen LogP) is 0.698. The van der Waals surface area contributed by atoms with Crippen molar-refractivity contribution in [2.24, 2.45) is 0 Å². The third-order valence-corrected chi connectivity index (χ3v) is 2.84. The largest absolute Gasteiger partial charge is 0.314 e. The number of nitrogens with zero attached hydrogens (tertiary/aromatic N) is 3. The Morgan fingerprint density at radius 1 is 1.40 bits per heavy atom. The third kappa shape index (κ3) is 2.79. The van der Waals surface area contributed by atoms with Crippen molar-refractivity contribution in [3.05, 3.63) is 18.0 Å². The number of rotatable bonds is 4. The van der Waals surface area contributed by atoms with Crippen molar-refractivity contribution in [1.82, 2.24) is 20.0 Å². The molecule has 0 amide bonds. The van der Waals surface area contributed by atoms with E-state index >= 15 is 0 Å². The van der Waals surface area contributed by atoms with Crippen molar-refractivity contribution >= 4 is 0 Å². The molecule has 4 heteroatoms. The smallest absolute Gasteiger partial charge is 0.0524 e. The maximum atomic E-state index is 4.35. The quantitative estimate of drug-likeness (QED) is 0.790. The Morgan fingerprint density at radius 2 is 2.20 bits per heavy atom. The zero-order chi connectivity index (χ0) is 10.5.